The van der Waals surface area contributed by atoms with Crippen molar-refractivity contribution in [3.8, 4) is 0 Å². The Kier molecular flexibility index (Phi) is 10.3. The van der Waals surface area contributed by atoms with E-state index in [2.05, 4.69) is 4.90 Å². The third kappa shape index (κ3) is 7.65. The molecular formula is C26H34FN3O7. The van der Waals surface area contributed by atoms with Crippen molar-refractivity contribution in [2.24, 2.45) is 22.9 Å². The molecule has 1 aliphatic carbocycles. The van der Waals surface area contributed by atoms with E-state index < -0.39 is 11.9 Å². The van der Waals surface area contributed by atoms with E-state index >= 15 is 0 Å². The maximum absolute atomic E-state index is 13.1. The van der Waals surface area contributed by atoms with Crippen molar-refractivity contribution in [2.75, 3.05) is 39.9 Å². The number of halogens is 1. The number of carbonyl (C=O) groups excluding carboxylic acids is 2. The van der Waals surface area contributed by atoms with Crippen LogP contribution in [0.15, 0.2) is 29.4 Å². The number of hydrogen-bond donors (Lipinski definition) is 2. The number of hydrazone groups is 1. The Hall–Kier alpha value is -3.18. The molecular weight excluding hydrogens is 485 g/mol. The number of carboxylic acids is 2. The number of ether oxygens (including phenoxy) is 1. The van der Waals surface area contributed by atoms with Crippen LogP contribution in [0.25, 0.3) is 0 Å². The van der Waals surface area contributed by atoms with Crippen LogP contribution in [0.2, 0.25) is 0 Å². The number of piperidine rings is 1. The SMILES string of the molecule is COCC1C(=O)N(CCN2CCC(C(=O)c3ccc(F)cc3)CC2)N=C2CCCCC21.O=C(O)C(=O)O. The Morgan fingerprint density at radius 3 is 2.27 bits per heavy atom. The van der Waals surface area contributed by atoms with Gasteiger partial charge in [-0.3, -0.25) is 9.59 Å². The number of likely N-dealkylation sites (tertiary alicyclic amines) is 1. The quantitative estimate of drug-likeness (QED) is 0.414. The number of methoxy groups -OCH3 is 1. The molecule has 2 heterocycles. The smallest absolute Gasteiger partial charge is 0.414 e. The number of benzene rings is 1. The molecule has 1 amide bonds. The minimum Gasteiger partial charge on any atom is -0.473 e. The van der Waals surface area contributed by atoms with Gasteiger partial charge in [0.05, 0.1) is 19.1 Å². The number of nitrogens with zero attached hydrogens (tertiary/aromatic N) is 3. The monoisotopic (exact) mass is 519 g/mol. The fourth-order valence-corrected chi connectivity index (χ4v) is 5.18. The molecule has 10 nitrogen and oxygen atoms in total. The highest BCUT2D eigenvalue weighted by atomic mass is 19.1. The largest absolute Gasteiger partial charge is 0.473 e. The minimum atomic E-state index is -1.82. The maximum atomic E-state index is 13.1. The van der Waals surface area contributed by atoms with Gasteiger partial charge in [0.1, 0.15) is 5.82 Å². The fourth-order valence-electron chi connectivity index (χ4n) is 5.18. The lowest BCUT2D eigenvalue weighted by atomic mass is 9.77. The predicted molar refractivity (Wildman–Crippen MR) is 132 cm³/mol. The first-order chi connectivity index (χ1) is 17.7. The number of rotatable bonds is 7. The highest BCUT2D eigenvalue weighted by Crippen LogP contribution is 2.33. The van der Waals surface area contributed by atoms with Gasteiger partial charge in [0.15, 0.2) is 5.78 Å². The van der Waals surface area contributed by atoms with E-state index in [1.165, 1.54) is 12.1 Å². The van der Waals surface area contributed by atoms with E-state index in [0.29, 0.717) is 18.7 Å². The first-order valence-corrected chi connectivity index (χ1v) is 12.6. The minimum absolute atomic E-state index is 0.0207. The normalized spacial score (nSPS) is 22.4. The van der Waals surface area contributed by atoms with E-state index in [0.717, 1.165) is 63.9 Å². The van der Waals surface area contributed by atoms with Gasteiger partial charge in [-0.15, -0.1) is 0 Å². The number of amides is 1. The Labute approximate surface area is 215 Å². The molecule has 3 aliphatic rings. The van der Waals surface area contributed by atoms with E-state index in [1.807, 2.05) is 0 Å². The van der Waals surface area contributed by atoms with Crippen LogP contribution in [0.4, 0.5) is 4.39 Å². The van der Waals surface area contributed by atoms with Gasteiger partial charge in [0, 0.05) is 36.8 Å². The average molecular weight is 520 g/mol. The number of ketones is 1. The number of carboxylic acid groups (broad SMARTS) is 2. The second kappa shape index (κ2) is 13.4. The Morgan fingerprint density at radius 1 is 1.03 bits per heavy atom. The summed E-state index contributed by atoms with van der Waals surface area (Å²) in [5.74, 6) is -3.68. The molecule has 2 fully saturated rings. The molecule has 1 aromatic rings. The molecule has 2 aliphatic heterocycles. The summed E-state index contributed by atoms with van der Waals surface area (Å²) < 4.78 is 18.5. The van der Waals surface area contributed by atoms with Crippen LogP contribution in [-0.4, -0.2) is 89.4 Å². The van der Waals surface area contributed by atoms with Crippen LogP contribution in [-0.2, 0) is 19.1 Å². The number of fused-ring (bicyclic) bond motifs is 1. The molecule has 1 aromatic carbocycles. The molecule has 202 valence electrons. The van der Waals surface area contributed by atoms with Crippen LogP contribution < -0.4 is 0 Å². The van der Waals surface area contributed by atoms with Crippen molar-refractivity contribution >= 4 is 29.3 Å². The average Bonchev–Trinajstić information content (AvgIpc) is 2.90. The van der Waals surface area contributed by atoms with Crippen molar-refractivity contribution in [1.82, 2.24) is 9.91 Å². The van der Waals surface area contributed by atoms with Crippen molar-refractivity contribution in [1.29, 1.82) is 0 Å². The molecule has 0 spiro atoms. The molecule has 4 rings (SSSR count). The molecule has 0 radical (unpaired) electrons. The zero-order valence-electron chi connectivity index (χ0n) is 21.0. The van der Waals surface area contributed by atoms with Crippen LogP contribution in [0.1, 0.15) is 48.9 Å². The first-order valence-electron chi connectivity index (χ1n) is 12.6. The molecule has 0 aromatic heterocycles. The number of hydrogen-bond acceptors (Lipinski definition) is 7. The molecule has 1 saturated heterocycles. The molecule has 11 heteroatoms. The van der Waals surface area contributed by atoms with Gasteiger partial charge in [-0.05, 0) is 69.5 Å². The van der Waals surface area contributed by atoms with E-state index in [9.17, 15) is 14.0 Å². The molecule has 2 N–H and O–H groups in total. The Bertz CT molecular complexity index is 994. The summed E-state index contributed by atoms with van der Waals surface area (Å²) in [7, 11) is 1.66. The van der Waals surface area contributed by atoms with Gasteiger partial charge in [-0.1, -0.05) is 6.42 Å². The summed E-state index contributed by atoms with van der Waals surface area (Å²) >= 11 is 0. The maximum Gasteiger partial charge on any atom is 0.414 e. The summed E-state index contributed by atoms with van der Waals surface area (Å²) in [5, 5.41) is 21.2. The third-order valence-corrected chi connectivity index (χ3v) is 7.18. The third-order valence-electron chi connectivity index (χ3n) is 7.18. The lowest BCUT2D eigenvalue weighted by Crippen LogP contribution is -2.49. The van der Waals surface area contributed by atoms with Gasteiger partial charge in [-0.2, -0.15) is 5.10 Å². The van der Waals surface area contributed by atoms with E-state index in [1.54, 1.807) is 24.3 Å². The number of carbonyl (C=O) groups is 4. The lowest BCUT2D eigenvalue weighted by Gasteiger charge is -2.39. The highest BCUT2D eigenvalue weighted by Gasteiger charge is 2.40. The number of Topliss-reactive ketones (excluding diaryl/α,β-unsaturated/α-hetero) is 1. The summed E-state index contributed by atoms with van der Waals surface area (Å²) in [5.41, 5.74) is 1.75. The zero-order chi connectivity index (χ0) is 26.9. The van der Waals surface area contributed by atoms with Gasteiger partial charge in [0.2, 0.25) is 5.91 Å². The second-order valence-electron chi connectivity index (χ2n) is 9.56. The molecule has 1 saturated carbocycles. The van der Waals surface area contributed by atoms with Gasteiger partial charge in [0.25, 0.3) is 0 Å². The van der Waals surface area contributed by atoms with Crippen LogP contribution in [0.5, 0.6) is 0 Å². The topological polar surface area (TPSA) is 137 Å². The summed E-state index contributed by atoms with van der Waals surface area (Å²) in [6, 6.07) is 5.82. The van der Waals surface area contributed by atoms with Gasteiger partial charge < -0.3 is 19.8 Å². The van der Waals surface area contributed by atoms with Crippen LogP contribution in [0, 0.1) is 23.6 Å². The fraction of sp³-hybridized carbons (Fsp3) is 0.577. The van der Waals surface area contributed by atoms with Crippen molar-refractivity contribution in [3.05, 3.63) is 35.6 Å². The standard InChI is InChI=1S/C24H32FN3O3.C2H2O4/c1-31-16-21-20-4-2-3-5-22(20)26-28(24(21)30)15-14-27-12-10-18(11-13-27)23(29)17-6-8-19(25)9-7-17;3-1(4)2(5)6/h6-9,18,20-21H,2-5,10-16H2,1H3;(H,3,4)(H,5,6). The summed E-state index contributed by atoms with van der Waals surface area (Å²) in [6.07, 6.45) is 5.88. The van der Waals surface area contributed by atoms with Crippen LogP contribution >= 0.6 is 0 Å². The van der Waals surface area contributed by atoms with Crippen LogP contribution in [0.3, 0.4) is 0 Å². The predicted octanol–water partition coefficient (Wildman–Crippen LogP) is 2.53. The zero-order valence-corrected chi connectivity index (χ0v) is 21.0. The van der Waals surface area contributed by atoms with Crippen molar-refractivity contribution < 1.29 is 38.5 Å². The van der Waals surface area contributed by atoms with E-state index in [4.69, 9.17) is 29.6 Å². The lowest BCUT2D eigenvalue weighted by molar-refractivity contribution is -0.159. The van der Waals surface area contributed by atoms with Gasteiger partial charge in [-0.25, -0.2) is 19.0 Å². The molecule has 37 heavy (non-hydrogen) atoms. The van der Waals surface area contributed by atoms with Crippen molar-refractivity contribution in [3.63, 3.8) is 0 Å². The highest BCUT2D eigenvalue weighted by molar-refractivity contribution is 6.27. The number of aliphatic carboxylic acids is 2. The molecule has 0 bridgehead atoms. The Balaban J connectivity index is 0.000000568. The molecule has 2 atom stereocenters. The van der Waals surface area contributed by atoms with Crippen molar-refractivity contribution in [2.45, 2.75) is 38.5 Å². The van der Waals surface area contributed by atoms with Gasteiger partial charge >= 0.3 is 11.9 Å². The second-order valence-corrected chi connectivity index (χ2v) is 9.56. The molecule has 2 unspecified atom stereocenters. The first kappa shape index (κ1) is 28.4. The summed E-state index contributed by atoms with van der Waals surface area (Å²) in [4.78, 5) is 46.2. The van der Waals surface area contributed by atoms with E-state index in [-0.39, 0.29) is 35.3 Å². The Morgan fingerprint density at radius 2 is 1.68 bits per heavy atom. The summed E-state index contributed by atoms with van der Waals surface area (Å²) in [6.45, 7) is 3.42.